The molecule has 0 fully saturated rings. The lowest BCUT2D eigenvalue weighted by atomic mass is 10.0. The number of benzene rings is 4. The van der Waals surface area contributed by atoms with Crippen molar-refractivity contribution in [3.05, 3.63) is 91.0 Å². The molecule has 0 radical (unpaired) electrons. The van der Waals surface area contributed by atoms with Crippen LogP contribution >= 0.6 is 7.14 Å². The number of fused-ring (bicyclic) bond motifs is 6. The highest BCUT2D eigenvalue weighted by Gasteiger charge is 2.40. The van der Waals surface area contributed by atoms with Crippen LogP contribution in [0, 0.1) is 0 Å². The number of hydrogen-bond acceptors (Lipinski definition) is 1. The molecular weight excluding hydrogens is 361 g/mol. The number of rotatable bonds is 1. The second-order valence-electron chi connectivity index (χ2n) is 7.42. The molecule has 4 aromatic carbocycles. The second kappa shape index (κ2) is 5.47. The molecule has 1 aliphatic rings. The van der Waals surface area contributed by atoms with Crippen LogP contribution in [0.1, 0.15) is 0 Å². The van der Waals surface area contributed by atoms with Crippen molar-refractivity contribution in [3.63, 3.8) is 0 Å². The quantitative estimate of drug-likeness (QED) is 0.371. The lowest BCUT2D eigenvalue weighted by Crippen LogP contribution is -2.20. The third kappa shape index (κ3) is 1.86. The van der Waals surface area contributed by atoms with Gasteiger partial charge in [-0.05, 0) is 29.3 Å². The van der Waals surface area contributed by atoms with E-state index in [1.165, 1.54) is 16.3 Å². The van der Waals surface area contributed by atoms with Gasteiger partial charge in [0, 0.05) is 44.8 Å². The zero-order chi connectivity index (χ0) is 18.9. The van der Waals surface area contributed by atoms with Gasteiger partial charge in [0.1, 0.15) is 0 Å². The van der Waals surface area contributed by atoms with E-state index in [0.29, 0.717) is 0 Å². The summed E-state index contributed by atoms with van der Waals surface area (Å²) in [5.41, 5.74) is 4.53. The Kier molecular flexibility index (Phi) is 3.11. The molecule has 0 spiro atoms. The van der Waals surface area contributed by atoms with Gasteiger partial charge in [-0.1, -0.05) is 72.8 Å². The summed E-state index contributed by atoms with van der Waals surface area (Å²) in [6, 6.07) is 31.0. The number of aryl methyl sites for hydroxylation is 1. The fraction of sp³-hybridized carbons (Fsp3) is 0.0400. The Morgan fingerprint density at radius 3 is 2.21 bits per heavy atom. The highest BCUT2D eigenvalue weighted by atomic mass is 31.2. The van der Waals surface area contributed by atoms with Crippen molar-refractivity contribution < 1.29 is 4.57 Å². The van der Waals surface area contributed by atoms with Crippen molar-refractivity contribution in [3.8, 4) is 11.1 Å². The molecule has 0 saturated carbocycles. The van der Waals surface area contributed by atoms with E-state index in [9.17, 15) is 4.57 Å². The Morgan fingerprint density at radius 1 is 0.643 bits per heavy atom. The minimum atomic E-state index is -2.88. The highest BCUT2D eigenvalue weighted by molar-refractivity contribution is 7.86. The molecular formula is C25H18NOP. The van der Waals surface area contributed by atoms with Crippen LogP contribution < -0.4 is 15.9 Å². The normalized spacial score (nSPS) is 17.8. The third-order valence-electron chi connectivity index (χ3n) is 6.02. The van der Waals surface area contributed by atoms with E-state index in [4.69, 9.17) is 0 Å². The summed E-state index contributed by atoms with van der Waals surface area (Å²) < 4.78 is 16.8. The molecule has 6 rings (SSSR count). The summed E-state index contributed by atoms with van der Waals surface area (Å²) in [5, 5.41) is 5.27. The average Bonchev–Trinajstić information content (AvgIpc) is 3.19. The molecule has 0 N–H and O–H groups in total. The van der Waals surface area contributed by atoms with Crippen molar-refractivity contribution in [2.45, 2.75) is 0 Å². The summed E-state index contributed by atoms with van der Waals surface area (Å²) in [6.45, 7) is 0. The lowest BCUT2D eigenvalue weighted by Gasteiger charge is -2.16. The van der Waals surface area contributed by atoms with Gasteiger partial charge in [0.15, 0.2) is 7.14 Å². The molecule has 1 atom stereocenters. The molecule has 2 nitrogen and oxygen atoms in total. The van der Waals surface area contributed by atoms with Crippen LogP contribution in [0.3, 0.4) is 0 Å². The summed E-state index contributed by atoms with van der Waals surface area (Å²) in [5.74, 6) is 0. The van der Waals surface area contributed by atoms with Gasteiger partial charge in [-0.3, -0.25) is 0 Å². The van der Waals surface area contributed by atoms with Crippen molar-refractivity contribution in [1.29, 1.82) is 0 Å². The van der Waals surface area contributed by atoms with E-state index in [0.717, 1.165) is 32.6 Å². The molecule has 1 aliphatic heterocycles. The van der Waals surface area contributed by atoms with E-state index < -0.39 is 7.14 Å². The molecule has 134 valence electrons. The Labute approximate surface area is 163 Å². The topological polar surface area (TPSA) is 22.0 Å². The molecule has 0 saturated heterocycles. The van der Waals surface area contributed by atoms with E-state index >= 15 is 0 Å². The highest BCUT2D eigenvalue weighted by Crippen LogP contribution is 2.53. The first-order valence-corrected chi connectivity index (χ1v) is 11.2. The molecule has 0 amide bonds. The van der Waals surface area contributed by atoms with Crippen LogP contribution in [0.4, 0.5) is 0 Å². The first kappa shape index (κ1) is 15.9. The summed E-state index contributed by atoms with van der Waals surface area (Å²) >= 11 is 0. The predicted octanol–water partition coefficient (Wildman–Crippen LogP) is 4.95. The molecule has 0 aliphatic carbocycles. The molecule has 0 bridgehead atoms. The van der Waals surface area contributed by atoms with Gasteiger partial charge < -0.3 is 9.13 Å². The maximum atomic E-state index is 14.6. The minimum absolute atomic E-state index is 0.902. The average molecular weight is 379 g/mol. The molecule has 5 aromatic rings. The fourth-order valence-corrected chi connectivity index (χ4v) is 7.76. The molecule has 28 heavy (non-hydrogen) atoms. The van der Waals surface area contributed by atoms with Gasteiger partial charge in [0.25, 0.3) is 0 Å². The fourth-order valence-electron chi connectivity index (χ4n) is 4.69. The maximum Gasteiger partial charge on any atom is 0.172 e. The van der Waals surface area contributed by atoms with Gasteiger partial charge in [-0.15, -0.1) is 0 Å². The third-order valence-corrected chi connectivity index (χ3v) is 9.17. The Balaban J connectivity index is 1.80. The van der Waals surface area contributed by atoms with Crippen molar-refractivity contribution in [1.82, 2.24) is 4.57 Å². The standard InChI is InChI=1S/C25H18NOP/c1-26-22-13-7-5-11-18(22)20-15-21-19-12-6-8-14-24(19)28(27,25(21)16-23(20)26)17-9-3-2-4-10-17/h2-16H,1H3. The maximum absolute atomic E-state index is 14.6. The molecule has 3 heteroatoms. The van der Waals surface area contributed by atoms with Crippen LogP contribution in [0.25, 0.3) is 32.9 Å². The zero-order valence-corrected chi connectivity index (χ0v) is 16.4. The van der Waals surface area contributed by atoms with Crippen LogP contribution in [0.15, 0.2) is 91.0 Å². The van der Waals surface area contributed by atoms with Crippen LogP contribution in [-0.4, -0.2) is 4.57 Å². The van der Waals surface area contributed by atoms with Crippen LogP contribution in [0.5, 0.6) is 0 Å². The first-order chi connectivity index (χ1) is 13.7. The number of nitrogens with zero attached hydrogens (tertiary/aromatic N) is 1. The van der Waals surface area contributed by atoms with Crippen LogP contribution in [-0.2, 0) is 11.6 Å². The van der Waals surface area contributed by atoms with Crippen molar-refractivity contribution >= 4 is 44.9 Å². The summed E-state index contributed by atoms with van der Waals surface area (Å²) in [7, 11) is -0.793. The predicted molar refractivity (Wildman–Crippen MR) is 119 cm³/mol. The smallest absolute Gasteiger partial charge is 0.172 e. The lowest BCUT2D eigenvalue weighted by molar-refractivity contribution is 0.593. The first-order valence-electron chi connectivity index (χ1n) is 9.47. The van der Waals surface area contributed by atoms with Gasteiger partial charge in [0.05, 0.1) is 0 Å². The zero-order valence-electron chi connectivity index (χ0n) is 15.5. The molecule has 2 heterocycles. The van der Waals surface area contributed by atoms with E-state index in [2.05, 4.69) is 54.1 Å². The monoisotopic (exact) mass is 379 g/mol. The minimum Gasteiger partial charge on any atom is -0.344 e. The SMILES string of the molecule is Cn1c2ccccc2c2cc3c(cc21)P(=O)(c1ccccc1)c1ccccc1-3. The van der Waals surface area contributed by atoms with Crippen LogP contribution in [0.2, 0.25) is 0 Å². The Morgan fingerprint density at radius 2 is 1.36 bits per heavy atom. The van der Waals surface area contributed by atoms with Gasteiger partial charge in [-0.25, -0.2) is 0 Å². The molecule has 1 aromatic heterocycles. The van der Waals surface area contributed by atoms with Gasteiger partial charge >= 0.3 is 0 Å². The van der Waals surface area contributed by atoms with E-state index in [-0.39, 0.29) is 0 Å². The second-order valence-corrected chi connectivity index (χ2v) is 10.1. The summed E-state index contributed by atoms with van der Waals surface area (Å²) in [6.07, 6.45) is 0. The Hall–Kier alpha value is -3.09. The Bertz CT molecular complexity index is 1450. The van der Waals surface area contributed by atoms with Gasteiger partial charge in [0.2, 0.25) is 0 Å². The van der Waals surface area contributed by atoms with Crippen molar-refractivity contribution in [2.75, 3.05) is 0 Å². The summed E-state index contributed by atoms with van der Waals surface area (Å²) in [4.78, 5) is 0. The van der Waals surface area contributed by atoms with E-state index in [1.54, 1.807) is 0 Å². The van der Waals surface area contributed by atoms with E-state index in [1.807, 2.05) is 48.5 Å². The molecule has 1 unspecified atom stereocenters. The largest absolute Gasteiger partial charge is 0.344 e. The van der Waals surface area contributed by atoms with Gasteiger partial charge in [-0.2, -0.15) is 0 Å². The number of para-hydroxylation sites is 1. The van der Waals surface area contributed by atoms with Crippen molar-refractivity contribution in [2.24, 2.45) is 7.05 Å². The number of hydrogen-bond donors (Lipinski definition) is 0. The number of aromatic nitrogens is 1.